The first-order valence-corrected chi connectivity index (χ1v) is 6.29. The molecule has 0 fully saturated rings. The summed E-state index contributed by atoms with van der Waals surface area (Å²) in [5.74, 6) is 0.397. The number of para-hydroxylation sites is 1. The van der Waals surface area contributed by atoms with E-state index in [-0.39, 0.29) is 18.2 Å². The third kappa shape index (κ3) is 1.95. The zero-order valence-electron chi connectivity index (χ0n) is 11.0. The van der Waals surface area contributed by atoms with Gasteiger partial charge in [0.1, 0.15) is 5.75 Å². The van der Waals surface area contributed by atoms with Crippen molar-refractivity contribution in [3.8, 4) is 5.75 Å². The Kier molecular flexibility index (Phi) is 2.99. The van der Waals surface area contributed by atoms with Crippen LogP contribution in [-0.4, -0.2) is 25.3 Å². The number of hydrogen-bond acceptors (Lipinski definition) is 3. The molecule has 0 bridgehead atoms. The van der Waals surface area contributed by atoms with Crippen LogP contribution >= 0.6 is 0 Å². The van der Waals surface area contributed by atoms with Crippen molar-refractivity contribution in [1.82, 2.24) is 0 Å². The number of benzene rings is 2. The van der Waals surface area contributed by atoms with E-state index in [2.05, 4.69) is 0 Å². The van der Waals surface area contributed by atoms with E-state index < -0.39 is 0 Å². The van der Waals surface area contributed by atoms with Crippen molar-refractivity contribution in [3.05, 3.63) is 59.7 Å². The zero-order valence-corrected chi connectivity index (χ0v) is 11.0. The fourth-order valence-corrected chi connectivity index (χ4v) is 2.35. The topological polar surface area (TPSA) is 46.6 Å². The third-order valence-corrected chi connectivity index (χ3v) is 3.36. The summed E-state index contributed by atoms with van der Waals surface area (Å²) in [6.07, 6.45) is 0. The number of rotatable bonds is 2. The van der Waals surface area contributed by atoms with E-state index in [1.165, 1.54) is 4.90 Å². The van der Waals surface area contributed by atoms with Gasteiger partial charge in [-0.1, -0.05) is 18.2 Å². The van der Waals surface area contributed by atoms with Crippen LogP contribution in [0.5, 0.6) is 5.75 Å². The summed E-state index contributed by atoms with van der Waals surface area (Å²) in [6.45, 7) is 0.0926. The van der Waals surface area contributed by atoms with E-state index in [1.807, 2.05) is 6.07 Å². The summed E-state index contributed by atoms with van der Waals surface area (Å²) >= 11 is 0. The summed E-state index contributed by atoms with van der Waals surface area (Å²) in [5, 5.41) is 0. The van der Waals surface area contributed by atoms with E-state index >= 15 is 0 Å². The minimum Gasteiger partial charge on any atom is -0.497 e. The Labute approximate surface area is 116 Å². The summed E-state index contributed by atoms with van der Waals surface area (Å²) in [4.78, 5) is 26.0. The number of nitrogens with zero attached hydrogens (tertiary/aromatic N) is 1. The summed E-state index contributed by atoms with van der Waals surface area (Å²) in [6, 6.07) is 14.1. The molecular weight excluding hydrogens is 254 g/mol. The largest absolute Gasteiger partial charge is 0.497 e. The lowest BCUT2D eigenvalue weighted by Gasteiger charge is -2.16. The molecule has 3 rings (SSSR count). The second-order valence-corrected chi connectivity index (χ2v) is 4.56. The number of amides is 1. The normalized spacial score (nSPS) is 13.2. The van der Waals surface area contributed by atoms with Crippen molar-refractivity contribution in [1.29, 1.82) is 0 Å². The lowest BCUT2D eigenvalue weighted by Crippen LogP contribution is -2.30. The van der Waals surface area contributed by atoms with Crippen molar-refractivity contribution in [2.24, 2.45) is 0 Å². The molecule has 0 atom stereocenters. The number of fused-ring (bicyclic) bond motifs is 1. The lowest BCUT2D eigenvalue weighted by atomic mass is 10.1. The number of ketones is 1. The van der Waals surface area contributed by atoms with Crippen LogP contribution < -0.4 is 9.64 Å². The molecule has 0 N–H and O–H groups in total. The SMILES string of the molecule is COc1cccc(C(=O)N2CC(=O)c3ccccc32)c1. The van der Waals surface area contributed by atoms with Gasteiger partial charge >= 0.3 is 0 Å². The van der Waals surface area contributed by atoms with Crippen LogP contribution in [-0.2, 0) is 0 Å². The Bertz CT molecular complexity index is 694. The highest BCUT2D eigenvalue weighted by Crippen LogP contribution is 2.29. The number of anilines is 1. The highest BCUT2D eigenvalue weighted by molar-refractivity contribution is 6.19. The second kappa shape index (κ2) is 4.81. The van der Waals surface area contributed by atoms with E-state index in [9.17, 15) is 9.59 Å². The van der Waals surface area contributed by atoms with E-state index in [0.29, 0.717) is 22.6 Å². The van der Waals surface area contributed by atoms with Crippen molar-refractivity contribution >= 4 is 17.4 Å². The number of ether oxygens (including phenoxy) is 1. The highest BCUT2D eigenvalue weighted by atomic mass is 16.5. The molecule has 1 amide bonds. The monoisotopic (exact) mass is 267 g/mol. The first-order valence-electron chi connectivity index (χ1n) is 6.29. The molecule has 0 radical (unpaired) electrons. The highest BCUT2D eigenvalue weighted by Gasteiger charge is 2.31. The lowest BCUT2D eigenvalue weighted by molar-refractivity contribution is 0.0951. The van der Waals surface area contributed by atoms with Crippen molar-refractivity contribution in [3.63, 3.8) is 0 Å². The molecule has 1 aliphatic rings. The van der Waals surface area contributed by atoms with E-state index in [4.69, 9.17) is 4.74 Å². The van der Waals surface area contributed by atoms with Gasteiger partial charge in [0.15, 0.2) is 5.78 Å². The van der Waals surface area contributed by atoms with Gasteiger partial charge in [0.2, 0.25) is 0 Å². The van der Waals surface area contributed by atoms with Crippen LogP contribution in [0, 0.1) is 0 Å². The fraction of sp³-hybridized carbons (Fsp3) is 0.125. The van der Waals surface area contributed by atoms with Crippen LogP contribution in [0.25, 0.3) is 0 Å². The van der Waals surface area contributed by atoms with E-state index in [0.717, 1.165) is 0 Å². The van der Waals surface area contributed by atoms with Crippen LogP contribution in [0.2, 0.25) is 0 Å². The van der Waals surface area contributed by atoms with Crippen LogP contribution in [0.1, 0.15) is 20.7 Å². The molecule has 0 spiro atoms. The summed E-state index contributed by atoms with van der Waals surface area (Å²) < 4.78 is 5.12. The van der Waals surface area contributed by atoms with Gasteiger partial charge in [0, 0.05) is 11.1 Å². The van der Waals surface area contributed by atoms with E-state index in [1.54, 1.807) is 49.6 Å². The maximum Gasteiger partial charge on any atom is 0.258 e. The molecule has 4 heteroatoms. The predicted molar refractivity (Wildman–Crippen MR) is 75.4 cm³/mol. The smallest absolute Gasteiger partial charge is 0.258 e. The minimum atomic E-state index is -0.192. The Morgan fingerprint density at radius 2 is 1.95 bits per heavy atom. The minimum absolute atomic E-state index is 0.0307. The van der Waals surface area contributed by atoms with Gasteiger partial charge in [-0.15, -0.1) is 0 Å². The van der Waals surface area contributed by atoms with Crippen LogP contribution in [0.15, 0.2) is 48.5 Å². The number of carbonyl (C=O) groups excluding carboxylic acids is 2. The Morgan fingerprint density at radius 3 is 2.75 bits per heavy atom. The molecule has 0 unspecified atom stereocenters. The van der Waals surface area contributed by atoms with Gasteiger partial charge < -0.3 is 4.74 Å². The van der Waals surface area contributed by atoms with Crippen LogP contribution in [0.4, 0.5) is 5.69 Å². The molecule has 4 nitrogen and oxygen atoms in total. The summed E-state index contributed by atoms with van der Waals surface area (Å²) in [7, 11) is 1.55. The van der Waals surface area contributed by atoms with Gasteiger partial charge in [-0.25, -0.2) is 0 Å². The van der Waals surface area contributed by atoms with Gasteiger partial charge in [0.05, 0.1) is 19.3 Å². The first-order chi connectivity index (χ1) is 9.70. The second-order valence-electron chi connectivity index (χ2n) is 4.56. The molecule has 1 aliphatic heterocycles. The number of methoxy groups -OCH3 is 1. The van der Waals surface area contributed by atoms with Gasteiger partial charge in [0.25, 0.3) is 5.91 Å². The molecule has 1 heterocycles. The standard InChI is InChI=1S/C16H13NO3/c1-20-12-6-4-5-11(9-12)16(19)17-10-15(18)13-7-2-3-8-14(13)17/h2-9H,10H2,1H3. The van der Waals surface area contributed by atoms with Crippen molar-refractivity contribution < 1.29 is 14.3 Å². The average molecular weight is 267 g/mol. The van der Waals surface area contributed by atoms with Gasteiger partial charge in [-0.05, 0) is 30.3 Å². The Morgan fingerprint density at radius 1 is 1.15 bits per heavy atom. The first kappa shape index (κ1) is 12.4. The summed E-state index contributed by atoms with van der Waals surface area (Å²) in [5.41, 5.74) is 1.78. The molecule has 0 saturated carbocycles. The molecular formula is C16H13NO3. The van der Waals surface area contributed by atoms with Crippen molar-refractivity contribution in [2.75, 3.05) is 18.6 Å². The van der Waals surface area contributed by atoms with Gasteiger partial charge in [-0.2, -0.15) is 0 Å². The fourth-order valence-electron chi connectivity index (χ4n) is 2.35. The molecule has 100 valence electrons. The molecule has 0 aromatic heterocycles. The average Bonchev–Trinajstić information content (AvgIpc) is 2.84. The van der Waals surface area contributed by atoms with Gasteiger partial charge in [-0.3, -0.25) is 14.5 Å². The molecule has 2 aromatic rings. The molecule has 0 aliphatic carbocycles. The molecule has 20 heavy (non-hydrogen) atoms. The number of hydrogen-bond donors (Lipinski definition) is 0. The third-order valence-electron chi connectivity index (χ3n) is 3.36. The number of Topliss-reactive ketones (excluding diaryl/α,β-unsaturated/α-hetero) is 1. The van der Waals surface area contributed by atoms with Crippen LogP contribution in [0.3, 0.4) is 0 Å². The predicted octanol–water partition coefficient (Wildman–Crippen LogP) is 2.54. The number of carbonyl (C=O) groups is 2. The van der Waals surface area contributed by atoms with Crippen molar-refractivity contribution in [2.45, 2.75) is 0 Å². The maximum absolute atomic E-state index is 12.5. The zero-order chi connectivity index (χ0) is 14.1. The maximum atomic E-state index is 12.5. The quantitative estimate of drug-likeness (QED) is 0.840. The molecule has 0 saturated heterocycles. The molecule has 2 aromatic carbocycles. The Balaban J connectivity index is 1.98. The Hall–Kier alpha value is -2.62.